The molecule has 1 aromatic heterocycles. The molecule has 134 valence electrons. The normalized spacial score (nSPS) is 13.7. The quantitative estimate of drug-likeness (QED) is 0.748. The highest BCUT2D eigenvalue weighted by Gasteiger charge is 2.21. The van der Waals surface area contributed by atoms with Gasteiger partial charge in [-0.15, -0.1) is 0 Å². The van der Waals surface area contributed by atoms with E-state index in [4.69, 9.17) is 5.10 Å². The van der Waals surface area contributed by atoms with Crippen molar-refractivity contribution in [2.24, 2.45) is 0 Å². The van der Waals surface area contributed by atoms with E-state index in [9.17, 15) is 0 Å². The van der Waals surface area contributed by atoms with Crippen molar-refractivity contribution in [1.29, 1.82) is 0 Å². The van der Waals surface area contributed by atoms with Crippen molar-refractivity contribution in [2.45, 2.75) is 26.2 Å². The fourth-order valence-electron chi connectivity index (χ4n) is 3.54. The molecule has 3 aromatic rings. The van der Waals surface area contributed by atoms with Crippen molar-refractivity contribution < 1.29 is 0 Å². The fourth-order valence-corrected chi connectivity index (χ4v) is 3.54. The molecule has 0 aliphatic carbocycles. The maximum absolute atomic E-state index is 5.04. The number of hydrogen-bond acceptors (Lipinski definition) is 3. The topological polar surface area (TPSA) is 33.1 Å². The van der Waals surface area contributed by atoms with Crippen LogP contribution in [0.3, 0.4) is 0 Å². The summed E-state index contributed by atoms with van der Waals surface area (Å²) in [6.07, 6.45) is 3.45. The minimum Gasteiger partial charge on any atom is -0.378 e. The summed E-state index contributed by atoms with van der Waals surface area (Å²) in [6, 6.07) is 17.2. The zero-order chi connectivity index (χ0) is 18.1. The van der Waals surface area contributed by atoms with Crippen molar-refractivity contribution in [1.82, 2.24) is 9.78 Å². The fraction of sp³-hybridized carbons (Fsp3) is 0.318. The molecule has 2 aromatic carbocycles. The Labute approximate surface area is 155 Å². The summed E-state index contributed by atoms with van der Waals surface area (Å²) in [5.41, 5.74) is 7.18. The summed E-state index contributed by atoms with van der Waals surface area (Å²) in [5.74, 6) is 1.15. The number of aryl methyl sites for hydroxylation is 1. The van der Waals surface area contributed by atoms with Gasteiger partial charge in [-0.05, 0) is 50.5 Å². The number of nitrogens with one attached hydrogen (secondary N) is 1. The maximum atomic E-state index is 5.04. The van der Waals surface area contributed by atoms with Crippen molar-refractivity contribution in [3.8, 4) is 16.9 Å². The molecule has 0 saturated heterocycles. The molecule has 0 spiro atoms. The highest BCUT2D eigenvalue weighted by atomic mass is 15.3. The molecule has 1 aliphatic rings. The minimum absolute atomic E-state index is 1.00. The smallest absolute Gasteiger partial charge is 0.133 e. The predicted molar refractivity (Wildman–Crippen MR) is 109 cm³/mol. The molecule has 0 atom stereocenters. The van der Waals surface area contributed by atoms with Gasteiger partial charge in [0.1, 0.15) is 5.82 Å². The molecule has 26 heavy (non-hydrogen) atoms. The van der Waals surface area contributed by atoms with Crippen LogP contribution in [0.4, 0.5) is 11.5 Å². The summed E-state index contributed by atoms with van der Waals surface area (Å²) >= 11 is 0. The standard InChI is InChI=1S/C22H26N4/c1-16-10-12-18(13-11-16)26-22-20(9-4-5-14-23-22)21(24-26)17-7-6-8-19(15-17)25(2)3/h6-8,10-13,15,23H,4-5,9,14H2,1-3H3. The van der Waals surface area contributed by atoms with E-state index >= 15 is 0 Å². The van der Waals surface area contributed by atoms with E-state index in [0.29, 0.717) is 0 Å². The Balaban J connectivity index is 1.87. The number of nitrogens with zero attached hydrogens (tertiary/aromatic N) is 3. The number of rotatable bonds is 3. The Morgan fingerprint density at radius 1 is 1.04 bits per heavy atom. The first-order valence-electron chi connectivity index (χ1n) is 9.34. The molecule has 4 heteroatoms. The summed E-state index contributed by atoms with van der Waals surface area (Å²) < 4.78 is 2.08. The van der Waals surface area contributed by atoms with Crippen LogP contribution < -0.4 is 10.2 Å². The van der Waals surface area contributed by atoms with Crippen LogP contribution >= 0.6 is 0 Å². The molecule has 1 aliphatic heterocycles. The Morgan fingerprint density at radius 3 is 2.62 bits per heavy atom. The van der Waals surface area contributed by atoms with Gasteiger partial charge >= 0.3 is 0 Å². The molecular formula is C22H26N4. The van der Waals surface area contributed by atoms with E-state index < -0.39 is 0 Å². The molecule has 4 rings (SSSR count). The van der Waals surface area contributed by atoms with Gasteiger partial charge in [0, 0.05) is 37.5 Å². The number of anilines is 2. The molecule has 1 N–H and O–H groups in total. The van der Waals surface area contributed by atoms with E-state index in [1.807, 2.05) is 0 Å². The zero-order valence-corrected chi connectivity index (χ0v) is 15.8. The largest absolute Gasteiger partial charge is 0.378 e. The zero-order valence-electron chi connectivity index (χ0n) is 15.8. The van der Waals surface area contributed by atoms with Crippen molar-refractivity contribution in [3.63, 3.8) is 0 Å². The van der Waals surface area contributed by atoms with Crippen molar-refractivity contribution in [2.75, 3.05) is 30.9 Å². The van der Waals surface area contributed by atoms with Crippen LogP contribution in [0.25, 0.3) is 16.9 Å². The van der Waals surface area contributed by atoms with Gasteiger partial charge in [-0.25, -0.2) is 4.68 Å². The SMILES string of the molecule is Cc1ccc(-n2nc(-c3cccc(N(C)C)c3)c3c2NCCCC3)cc1. The van der Waals surface area contributed by atoms with E-state index in [-0.39, 0.29) is 0 Å². The summed E-state index contributed by atoms with van der Waals surface area (Å²) in [5, 5.41) is 8.66. The average molecular weight is 346 g/mol. The molecular weight excluding hydrogens is 320 g/mol. The lowest BCUT2D eigenvalue weighted by molar-refractivity contribution is 0.780. The highest BCUT2D eigenvalue weighted by Crippen LogP contribution is 2.35. The Morgan fingerprint density at radius 2 is 1.85 bits per heavy atom. The van der Waals surface area contributed by atoms with Crippen molar-refractivity contribution >= 4 is 11.5 Å². The summed E-state index contributed by atoms with van der Waals surface area (Å²) in [7, 11) is 4.15. The van der Waals surface area contributed by atoms with Crippen LogP contribution in [-0.2, 0) is 6.42 Å². The molecule has 0 amide bonds. The van der Waals surface area contributed by atoms with E-state index in [0.717, 1.165) is 30.2 Å². The monoisotopic (exact) mass is 346 g/mol. The first-order valence-corrected chi connectivity index (χ1v) is 9.34. The third-order valence-electron chi connectivity index (χ3n) is 5.04. The Kier molecular flexibility index (Phi) is 4.41. The lowest BCUT2D eigenvalue weighted by Crippen LogP contribution is -2.08. The Hall–Kier alpha value is -2.75. The second-order valence-corrected chi connectivity index (χ2v) is 7.25. The van der Waals surface area contributed by atoms with Gasteiger partial charge in [-0.3, -0.25) is 0 Å². The second-order valence-electron chi connectivity index (χ2n) is 7.25. The molecule has 2 heterocycles. The molecule has 0 unspecified atom stereocenters. The highest BCUT2D eigenvalue weighted by molar-refractivity contribution is 5.74. The van der Waals surface area contributed by atoms with Crippen LogP contribution in [0.1, 0.15) is 24.0 Å². The summed E-state index contributed by atoms with van der Waals surface area (Å²) in [6.45, 7) is 3.12. The first kappa shape index (κ1) is 16.7. The van der Waals surface area contributed by atoms with E-state index in [1.54, 1.807) is 0 Å². The first-order chi connectivity index (χ1) is 12.6. The second kappa shape index (κ2) is 6.87. The molecule has 0 saturated carbocycles. The van der Waals surface area contributed by atoms with Gasteiger partial charge in [0.15, 0.2) is 0 Å². The average Bonchev–Trinajstić information content (AvgIpc) is 2.84. The molecule has 4 nitrogen and oxygen atoms in total. The number of fused-ring (bicyclic) bond motifs is 1. The minimum atomic E-state index is 1.00. The number of hydrogen-bond donors (Lipinski definition) is 1. The summed E-state index contributed by atoms with van der Waals surface area (Å²) in [4.78, 5) is 2.14. The third-order valence-corrected chi connectivity index (χ3v) is 5.04. The van der Waals surface area contributed by atoms with Crippen molar-refractivity contribution in [3.05, 3.63) is 59.7 Å². The third kappa shape index (κ3) is 3.07. The van der Waals surface area contributed by atoms with Gasteiger partial charge in [0.2, 0.25) is 0 Å². The molecule has 0 fully saturated rings. The van der Waals surface area contributed by atoms with E-state index in [2.05, 4.69) is 84.4 Å². The van der Waals surface area contributed by atoms with Crippen LogP contribution in [0.2, 0.25) is 0 Å². The number of aromatic nitrogens is 2. The van der Waals surface area contributed by atoms with Gasteiger partial charge in [-0.1, -0.05) is 29.8 Å². The Bertz CT molecular complexity index is 906. The lowest BCUT2D eigenvalue weighted by atomic mass is 10.0. The predicted octanol–water partition coefficient (Wildman–Crippen LogP) is 4.66. The van der Waals surface area contributed by atoms with Gasteiger partial charge in [-0.2, -0.15) is 5.10 Å². The van der Waals surface area contributed by atoms with Crippen LogP contribution in [-0.4, -0.2) is 30.4 Å². The number of benzene rings is 2. The van der Waals surface area contributed by atoms with E-state index in [1.165, 1.54) is 35.2 Å². The van der Waals surface area contributed by atoms with Gasteiger partial charge in [0.25, 0.3) is 0 Å². The van der Waals surface area contributed by atoms with Crippen LogP contribution in [0, 0.1) is 6.92 Å². The molecule has 0 bridgehead atoms. The van der Waals surface area contributed by atoms with Gasteiger partial charge in [0.05, 0.1) is 11.4 Å². The van der Waals surface area contributed by atoms with Crippen LogP contribution in [0.5, 0.6) is 0 Å². The molecule has 0 radical (unpaired) electrons. The lowest BCUT2D eigenvalue weighted by Gasteiger charge is -2.13. The van der Waals surface area contributed by atoms with Gasteiger partial charge < -0.3 is 10.2 Å². The maximum Gasteiger partial charge on any atom is 0.133 e. The van der Waals surface area contributed by atoms with Crippen LogP contribution in [0.15, 0.2) is 48.5 Å².